The number of nitrogens with one attached hydrogen (secondary N) is 2. The number of nitrogens with zero attached hydrogens (tertiary/aromatic N) is 1. The molecule has 0 spiro atoms. The minimum Gasteiger partial charge on any atom is -0.497 e. The molecule has 0 saturated carbocycles. The molecule has 2 heterocycles. The average molecular weight is 800 g/mol. The summed E-state index contributed by atoms with van der Waals surface area (Å²) in [4.78, 5) is 18.7. The maximum Gasteiger partial charge on any atom is 0.255 e. The molecular formula is C44H53N3O11. The second-order valence-electron chi connectivity index (χ2n) is 13.7. The third kappa shape index (κ3) is 9.33. The fraction of sp³-hybridized carbons (Fsp3) is 0.409. The van der Waals surface area contributed by atoms with Crippen LogP contribution in [-0.2, 0) is 4.84 Å². The van der Waals surface area contributed by atoms with Gasteiger partial charge in [0.05, 0.1) is 74.3 Å². The number of carbonyl (C=O) groups is 1. The van der Waals surface area contributed by atoms with Crippen molar-refractivity contribution >= 4 is 17.3 Å². The van der Waals surface area contributed by atoms with Gasteiger partial charge in [0.15, 0.2) is 40.6 Å². The van der Waals surface area contributed by atoms with E-state index in [1.54, 1.807) is 55.8 Å². The summed E-state index contributed by atoms with van der Waals surface area (Å²) in [5, 5.41) is 10.8. The number of methoxy groups -OCH3 is 7. The van der Waals surface area contributed by atoms with Gasteiger partial charge in [-0.15, -0.1) is 0 Å². The molecule has 6 rings (SSSR count). The second kappa shape index (κ2) is 19.8. The number of hydrogen-bond donors (Lipinski definition) is 2. The van der Waals surface area contributed by atoms with Gasteiger partial charge in [0.2, 0.25) is 11.5 Å². The molecule has 310 valence electrons. The first-order chi connectivity index (χ1) is 28.3. The van der Waals surface area contributed by atoms with Crippen LogP contribution in [-0.4, -0.2) is 74.6 Å². The van der Waals surface area contributed by atoms with Gasteiger partial charge in [0.1, 0.15) is 11.9 Å². The van der Waals surface area contributed by atoms with Crippen molar-refractivity contribution in [1.82, 2.24) is 5.32 Å². The smallest absolute Gasteiger partial charge is 0.255 e. The minimum atomic E-state index is -0.408. The van der Waals surface area contributed by atoms with Gasteiger partial charge in [-0.2, -0.15) is 0 Å². The molecule has 4 aromatic rings. The standard InChI is InChI=1S/C44H53N3O11/c1-49-29-15-17-32-31(25-29)44(48)46-43(45-32)27-14-18-34(37(22-27)51-3)56-20-12-10-8-9-11-13-21-57-42-35(50-2)19-16-30(40(42)54-6)33-26-36(58-47-33)28-23-38(52-4)41(55-7)39(24-28)53-5/h14-19,22-25,36,43,45H,8-13,20-21,26H2,1-7H3,(H,46,48). The van der Waals surface area contributed by atoms with Crippen LogP contribution >= 0.6 is 0 Å². The Balaban J connectivity index is 0.936. The van der Waals surface area contributed by atoms with Crippen molar-refractivity contribution in [3.63, 3.8) is 0 Å². The number of anilines is 1. The Kier molecular flexibility index (Phi) is 14.1. The normalized spacial score (nSPS) is 15.5. The Hall–Kier alpha value is -6.18. The quantitative estimate of drug-likeness (QED) is 0.0783. The van der Waals surface area contributed by atoms with Crippen LogP contribution in [0.15, 0.2) is 65.8 Å². The Bertz CT molecular complexity index is 2050. The molecule has 0 fully saturated rings. The van der Waals surface area contributed by atoms with Gasteiger partial charge in [-0.25, -0.2) is 0 Å². The Morgan fingerprint density at radius 1 is 0.569 bits per heavy atom. The lowest BCUT2D eigenvalue weighted by Crippen LogP contribution is -2.38. The summed E-state index contributed by atoms with van der Waals surface area (Å²) in [6, 6.07) is 18.6. The van der Waals surface area contributed by atoms with Crippen molar-refractivity contribution in [2.45, 2.75) is 57.2 Å². The van der Waals surface area contributed by atoms with Crippen LogP contribution in [0.3, 0.4) is 0 Å². The summed E-state index contributed by atoms with van der Waals surface area (Å²) in [5.74, 6) is 4.98. The van der Waals surface area contributed by atoms with E-state index in [-0.39, 0.29) is 12.0 Å². The maximum absolute atomic E-state index is 12.8. The van der Waals surface area contributed by atoms with Crippen molar-refractivity contribution < 1.29 is 52.3 Å². The Labute approximate surface area is 339 Å². The largest absolute Gasteiger partial charge is 0.497 e. The van der Waals surface area contributed by atoms with Crippen molar-refractivity contribution in [1.29, 1.82) is 0 Å². The van der Waals surface area contributed by atoms with Crippen molar-refractivity contribution in [3.05, 3.63) is 82.9 Å². The van der Waals surface area contributed by atoms with Gasteiger partial charge in [0, 0.05) is 23.2 Å². The number of oxime groups is 1. The number of rotatable bonds is 21. The van der Waals surface area contributed by atoms with Gasteiger partial charge in [0.25, 0.3) is 5.91 Å². The van der Waals surface area contributed by atoms with Gasteiger partial charge in [-0.3, -0.25) is 4.79 Å². The minimum absolute atomic E-state index is 0.175. The highest BCUT2D eigenvalue weighted by Crippen LogP contribution is 2.45. The van der Waals surface area contributed by atoms with Gasteiger partial charge >= 0.3 is 0 Å². The first-order valence-electron chi connectivity index (χ1n) is 19.3. The Morgan fingerprint density at radius 3 is 1.86 bits per heavy atom. The number of unbranched alkanes of at least 4 members (excludes halogenated alkanes) is 5. The molecule has 4 aromatic carbocycles. The van der Waals surface area contributed by atoms with E-state index in [1.807, 2.05) is 54.6 Å². The molecule has 0 radical (unpaired) electrons. The molecular weight excluding hydrogens is 746 g/mol. The molecule has 2 aliphatic rings. The summed E-state index contributed by atoms with van der Waals surface area (Å²) < 4.78 is 51.3. The zero-order valence-electron chi connectivity index (χ0n) is 34.2. The van der Waals surface area contributed by atoms with Crippen LogP contribution in [0.5, 0.6) is 51.7 Å². The van der Waals surface area contributed by atoms with Gasteiger partial charge in [-0.1, -0.05) is 36.9 Å². The number of carbonyl (C=O) groups excluding carboxylic acids is 1. The fourth-order valence-corrected chi connectivity index (χ4v) is 7.06. The van der Waals surface area contributed by atoms with E-state index in [9.17, 15) is 4.79 Å². The van der Waals surface area contributed by atoms with Gasteiger partial charge in [-0.05, 0) is 73.0 Å². The van der Waals surface area contributed by atoms with E-state index in [0.717, 1.165) is 66.6 Å². The predicted octanol–water partition coefficient (Wildman–Crippen LogP) is 8.27. The maximum atomic E-state index is 12.8. The molecule has 0 aliphatic carbocycles. The summed E-state index contributed by atoms with van der Waals surface area (Å²) >= 11 is 0. The number of benzene rings is 4. The van der Waals surface area contributed by atoms with Crippen LogP contribution in [0.25, 0.3) is 0 Å². The SMILES string of the molecule is COc1ccc2c(c1)C(=O)NC(c1ccc(OCCCCCCCCOc3c(OC)ccc(C4=NOC(c5cc(OC)c(OC)c(OC)c5)C4)c3OC)c(OC)c1)N2. The van der Waals surface area contributed by atoms with Crippen LogP contribution in [0.1, 0.15) is 84.3 Å². The first kappa shape index (κ1) is 41.5. The van der Waals surface area contributed by atoms with E-state index in [2.05, 4.69) is 15.8 Å². The lowest BCUT2D eigenvalue weighted by molar-refractivity contribution is 0.0853. The van der Waals surface area contributed by atoms with Crippen molar-refractivity contribution in [3.8, 4) is 51.7 Å². The van der Waals surface area contributed by atoms with Crippen LogP contribution in [0.4, 0.5) is 5.69 Å². The first-order valence-corrected chi connectivity index (χ1v) is 19.3. The molecule has 14 heteroatoms. The van der Waals surface area contributed by atoms with Crippen molar-refractivity contribution in [2.75, 3.05) is 68.3 Å². The second-order valence-corrected chi connectivity index (χ2v) is 13.7. The zero-order chi connectivity index (χ0) is 41.0. The molecule has 1 amide bonds. The average Bonchev–Trinajstić information content (AvgIpc) is 3.76. The molecule has 0 saturated heterocycles. The topological polar surface area (TPSA) is 146 Å². The van der Waals surface area contributed by atoms with Crippen LogP contribution in [0.2, 0.25) is 0 Å². The zero-order valence-corrected chi connectivity index (χ0v) is 34.2. The van der Waals surface area contributed by atoms with Crippen LogP contribution in [0, 0.1) is 0 Å². The fourth-order valence-electron chi connectivity index (χ4n) is 7.06. The monoisotopic (exact) mass is 799 g/mol. The molecule has 14 nitrogen and oxygen atoms in total. The number of ether oxygens (including phenoxy) is 9. The molecule has 2 atom stereocenters. The van der Waals surface area contributed by atoms with E-state index >= 15 is 0 Å². The Morgan fingerprint density at radius 2 is 1.21 bits per heavy atom. The number of hydrogen-bond acceptors (Lipinski definition) is 13. The molecule has 2 unspecified atom stereocenters. The summed E-state index contributed by atoms with van der Waals surface area (Å²) in [6.45, 7) is 1.08. The summed E-state index contributed by atoms with van der Waals surface area (Å²) in [6.07, 6.45) is 5.72. The molecule has 2 N–H and O–H groups in total. The molecule has 2 aliphatic heterocycles. The van der Waals surface area contributed by atoms with Crippen LogP contribution < -0.4 is 53.3 Å². The highest BCUT2D eigenvalue weighted by atomic mass is 16.6. The third-order valence-corrected chi connectivity index (χ3v) is 10.1. The van der Waals surface area contributed by atoms with E-state index in [0.29, 0.717) is 76.9 Å². The molecule has 0 aromatic heterocycles. The number of amides is 1. The van der Waals surface area contributed by atoms with Gasteiger partial charge < -0.3 is 58.1 Å². The lowest BCUT2D eigenvalue weighted by atomic mass is 9.98. The van der Waals surface area contributed by atoms with Crippen molar-refractivity contribution in [2.24, 2.45) is 5.16 Å². The predicted molar refractivity (Wildman–Crippen MR) is 219 cm³/mol. The number of fused-ring (bicyclic) bond motifs is 1. The highest BCUT2D eigenvalue weighted by Gasteiger charge is 2.30. The molecule has 0 bridgehead atoms. The third-order valence-electron chi connectivity index (χ3n) is 10.1. The van der Waals surface area contributed by atoms with E-state index in [4.69, 9.17) is 47.5 Å². The molecule has 58 heavy (non-hydrogen) atoms. The summed E-state index contributed by atoms with van der Waals surface area (Å²) in [5.41, 5.74) is 4.47. The van der Waals surface area contributed by atoms with E-state index in [1.165, 1.54) is 0 Å². The summed E-state index contributed by atoms with van der Waals surface area (Å²) in [7, 11) is 11.1. The lowest BCUT2D eigenvalue weighted by Gasteiger charge is -2.28. The van der Waals surface area contributed by atoms with E-state index < -0.39 is 6.17 Å². The highest BCUT2D eigenvalue weighted by molar-refractivity contribution is 6.04.